The molecule has 1 aromatic carbocycles. The van der Waals surface area contributed by atoms with Crippen LogP contribution in [0.1, 0.15) is 55.7 Å². The number of hydrogen-bond donors (Lipinski definition) is 2. The van der Waals surface area contributed by atoms with E-state index in [1.165, 1.54) is 0 Å². The summed E-state index contributed by atoms with van der Waals surface area (Å²) in [5.41, 5.74) is 2.30. The van der Waals surface area contributed by atoms with Crippen molar-refractivity contribution in [1.82, 2.24) is 25.3 Å². The second-order valence-corrected chi connectivity index (χ2v) is 12.9. The minimum atomic E-state index is -3.54. The van der Waals surface area contributed by atoms with Gasteiger partial charge in [0, 0.05) is 35.3 Å². The van der Waals surface area contributed by atoms with E-state index >= 15 is 0 Å². The lowest BCUT2D eigenvalue weighted by Gasteiger charge is -2.33. The van der Waals surface area contributed by atoms with E-state index < -0.39 is 15.3 Å². The number of rotatable bonds is 7. The minimum Gasteiger partial charge on any atom is -0.474 e. The summed E-state index contributed by atoms with van der Waals surface area (Å²) in [5, 5.41) is 14.5. The quantitative estimate of drug-likeness (QED) is 0.348. The average Bonchev–Trinajstić information content (AvgIpc) is 3.46. The summed E-state index contributed by atoms with van der Waals surface area (Å²) in [6.45, 7) is 1.52. The number of H-pyrrole nitrogens is 1. The first-order valence-electron chi connectivity index (χ1n) is 13.7. The van der Waals surface area contributed by atoms with Gasteiger partial charge in [0.05, 0.1) is 34.8 Å². The molecule has 1 aliphatic carbocycles. The molecule has 2 aliphatic rings. The van der Waals surface area contributed by atoms with Gasteiger partial charge in [-0.3, -0.25) is 0 Å². The van der Waals surface area contributed by atoms with Crippen LogP contribution >= 0.6 is 0 Å². The molecule has 2 N–H and O–H groups in total. The lowest BCUT2D eigenvalue weighted by atomic mass is 9.80. The van der Waals surface area contributed by atoms with E-state index in [0.717, 1.165) is 72.7 Å². The Kier molecular flexibility index (Phi) is 7.19. The molecule has 0 bridgehead atoms. The van der Waals surface area contributed by atoms with Gasteiger partial charge in [0.1, 0.15) is 17.7 Å². The Morgan fingerprint density at radius 3 is 2.62 bits per heavy atom. The van der Waals surface area contributed by atoms with E-state index in [1.54, 1.807) is 36.8 Å². The van der Waals surface area contributed by atoms with E-state index in [2.05, 4.69) is 26.3 Å². The molecule has 0 radical (unpaired) electrons. The summed E-state index contributed by atoms with van der Waals surface area (Å²) in [6, 6.07) is 10.8. The molecule has 202 valence electrons. The SMILES string of the molecule is N#Cc1ccc(OC(C2CCCNC2)S(=O)(=O)CC2CCC(c3ncnc4cnc5[nH]ccc5c34)CC2)cc1. The van der Waals surface area contributed by atoms with Crippen molar-refractivity contribution >= 4 is 31.8 Å². The standard InChI is InChI=1S/C29H32N6O3S/c30-14-19-5-9-23(10-6-19)38-29(22-2-1-12-31-15-22)39(36,37)17-20-3-7-21(8-4-20)27-26-24-11-13-32-28(24)33-16-25(26)34-18-35-27/h5-6,9-11,13,16,18,20-22,29,31H,1-4,7-8,12,15,17H2,(H,32,33). The Balaban J connectivity index is 1.18. The van der Waals surface area contributed by atoms with Crippen LogP contribution in [0, 0.1) is 23.2 Å². The number of aromatic amines is 1. The number of benzene rings is 1. The predicted octanol–water partition coefficient (Wildman–Crippen LogP) is 4.47. The largest absolute Gasteiger partial charge is 0.474 e. The molecule has 9 nitrogen and oxygen atoms in total. The monoisotopic (exact) mass is 544 g/mol. The van der Waals surface area contributed by atoms with Gasteiger partial charge in [-0.1, -0.05) is 0 Å². The Labute approximate surface area is 227 Å². The summed E-state index contributed by atoms with van der Waals surface area (Å²) in [7, 11) is -3.54. The first-order chi connectivity index (χ1) is 19.0. The molecule has 39 heavy (non-hydrogen) atoms. The summed E-state index contributed by atoms with van der Waals surface area (Å²) >= 11 is 0. The number of nitriles is 1. The van der Waals surface area contributed by atoms with Crippen molar-refractivity contribution in [3.63, 3.8) is 0 Å². The van der Waals surface area contributed by atoms with Gasteiger partial charge < -0.3 is 15.0 Å². The van der Waals surface area contributed by atoms with Crippen molar-refractivity contribution in [2.45, 2.75) is 49.9 Å². The second kappa shape index (κ2) is 10.9. The van der Waals surface area contributed by atoms with Crippen molar-refractivity contribution in [3.8, 4) is 11.8 Å². The number of pyridine rings is 1. The van der Waals surface area contributed by atoms with Crippen LogP contribution in [0.5, 0.6) is 5.75 Å². The summed E-state index contributed by atoms with van der Waals surface area (Å²) < 4.78 is 33.8. The second-order valence-electron chi connectivity index (χ2n) is 10.8. The molecule has 2 atom stereocenters. The first kappa shape index (κ1) is 25.7. The molecule has 1 saturated carbocycles. The minimum absolute atomic E-state index is 0.0805. The van der Waals surface area contributed by atoms with Crippen molar-refractivity contribution in [2.24, 2.45) is 11.8 Å². The van der Waals surface area contributed by atoms with Gasteiger partial charge >= 0.3 is 0 Å². The highest BCUT2D eigenvalue weighted by molar-refractivity contribution is 7.91. The molecule has 10 heteroatoms. The molecular formula is C29H32N6O3S. The molecular weight excluding hydrogens is 512 g/mol. The number of sulfone groups is 1. The van der Waals surface area contributed by atoms with Crippen LogP contribution in [0.15, 0.2) is 49.1 Å². The Bertz CT molecular complexity index is 1600. The number of fused-ring (bicyclic) bond motifs is 3. The molecule has 0 spiro atoms. The fourth-order valence-electron chi connectivity index (χ4n) is 6.23. The predicted molar refractivity (Wildman–Crippen MR) is 149 cm³/mol. The highest BCUT2D eigenvalue weighted by Crippen LogP contribution is 2.40. The van der Waals surface area contributed by atoms with E-state index in [1.807, 2.05) is 12.3 Å². The van der Waals surface area contributed by atoms with Gasteiger partial charge in [0.2, 0.25) is 5.44 Å². The van der Waals surface area contributed by atoms with Gasteiger partial charge in [-0.25, -0.2) is 23.4 Å². The summed E-state index contributed by atoms with van der Waals surface area (Å²) in [6.07, 6.45) is 10.4. The highest BCUT2D eigenvalue weighted by Gasteiger charge is 2.39. The number of nitrogens with zero attached hydrogens (tertiary/aromatic N) is 4. The van der Waals surface area contributed by atoms with Gasteiger partial charge in [-0.2, -0.15) is 5.26 Å². The molecule has 2 fully saturated rings. The van der Waals surface area contributed by atoms with E-state index in [0.29, 0.717) is 17.9 Å². The van der Waals surface area contributed by atoms with Crippen molar-refractivity contribution in [2.75, 3.05) is 18.8 Å². The van der Waals surface area contributed by atoms with Crippen molar-refractivity contribution < 1.29 is 13.2 Å². The molecule has 1 aliphatic heterocycles. The molecule has 6 rings (SSSR count). The molecule has 4 heterocycles. The third kappa shape index (κ3) is 5.34. The van der Waals surface area contributed by atoms with Gasteiger partial charge in [-0.05, 0) is 81.3 Å². The zero-order chi connectivity index (χ0) is 26.8. The van der Waals surface area contributed by atoms with Gasteiger partial charge in [0.15, 0.2) is 9.84 Å². The summed E-state index contributed by atoms with van der Waals surface area (Å²) in [4.78, 5) is 16.8. The summed E-state index contributed by atoms with van der Waals surface area (Å²) in [5.74, 6) is 0.826. The van der Waals surface area contributed by atoms with Crippen LogP contribution in [0.2, 0.25) is 0 Å². The van der Waals surface area contributed by atoms with Crippen LogP contribution in [0.25, 0.3) is 21.9 Å². The number of nitrogens with one attached hydrogen (secondary N) is 2. The normalized spacial score (nSPS) is 22.9. The topological polar surface area (TPSA) is 134 Å². The molecule has 3 aromatic heterocycles. The Morgan fingerprint density at radius 2 is 1.87 bits per heavy atom. The number of ether oxygens (including phenoxy) is 1. The fourth-order valence-corrected chi connectivity index (χ4v) is 8.49. The van der Waals surface area contributed by atoms with Crippen LogP contribution in [-0.2, 0) is 9.84 Å². The molecule has 0 amide bonds. The number of aromatic nitrogens is 4. The third-order valence-corrected chi connectivity index (χ3v) is 10.4. The van der Waals surface area contributed by atoms with Gasteiger partial charge in [-0.15, -0.1) is 0 Å². The molecule has 4 aromatic rings. The van der Waals surface area contributed by atoms with Crippen molar-refractivity contribution in [3.05, 3.63) is 60.3 Å². The maximum atomic E-state index is 13.8. The Hall–Kier alpha value is -3.55. The van der Waals surface area contributed by atoms with E-state index in [4.69, 9.17) is 15.0 Å². The third-order valence-electron chi connectivity index (χ3n) is 8.23. The smallest absolute Gasteiger partial charge is 0.203 e. The zero-order valence-electron chi connectivity index (χ0n) is 21.7. The van der Waals surface area contributed by atoms with E-state index in [9.17, 15) is 8.42 Å². The lowest BCUT2D eigenvalue weighted by Crippen LogP contribution is -2.45. The van der Waals surface area contributed by atoms with Crippen molar-refractivity contribution in [1.29, 1.82) is 5.26 Å². The highest BCUT2D eigenvalue weighted by atomic mass is 32.2. The van der Waals surface area contributed by atoms with E-state index in [-0.39, 0.29) is 23.5 Å². The lowest BCUT2D eigenvalue weighted by molar-refractivity contribution is 0.177. The molecule has 2 unspecified atom stereocenters. The van der Waals surface area contributed by atoms with Gasteiger partial charge in [0.25, 0.3) is 0 Å². The maximum absolute atomic E-state index is 13.8. The zero-order valence-corrected chi connectivity index (χ0v) is 22.5. The number of hydrogen-bond acceptors (Lipinski definition) is 8. The molecule has 1 saturated heterocycles. The van der Waals surface area contributed by atoms with Crippen LogP contribution in [0.4, 0.5) is 0 Å². The van der Waals surface area contributed by atoms with Crippen LogP contribution in [0.3, 0.4) is 0 Å². The van der Waals surface area contributed by atoms with Crippen LogP contribution < -0.4 is 10.1 Å². The fraction of sp³-hybridized carbons (Fsp3) is 0.448. The first-order valence-corrected chi connectivity index (χ1v) is 15.4. The maximum Gasteiger partial charge on any atom is 0.203 e. The van der Waals surface area contributed by atoms with Crippen LogP contribution in [-0.4, -0.2) is 52.6 Å². The Morgan fingerprint density at radius 1 is 1.05 bits per heavy atom. The average molecular weight is 545 g/mol. The number of piperidine rings is 1.